The molecule has 0 spiro atoms. The fraction of sp³-hybridized carbons (Fsp3) is 0.250. The van der Waals surface area contributed by atoms with E-state index >= 15 is 0 Å². The second kappa shape index (κ2) is 8.53. The summed E-state index contributed by atoms with van der Waals surface area (Å²) in [5.41, 5.74) is 5.27. The Kier molecular flexibility index (Phi) is 5.90. The Morgan fingerprint density at radius 2 is 1.20 bits per heavy atom. The van der Waals surface area contributed by atoms with E-state index in [9.17, 15) is 5.11 Å². The molecule has 0 saturated carbocycles. The second-order valence-corrected chi connectivity index (χ2v) is 6.58. The van der Waals surface area contributed by atoms with Gasteiger partial charge in [-0.15, -0.1) is 0 Å². The second-order valence-electron chi connectivity index (χ2n) is 6.58. The molecule has 0 heterocycles. The Bertz CT molecular complexity index is 730. The summed E-state index contributed by atoms with van der Waals surface area (Å²) in [4.78, 5) is 0. The predicted octanol–water partition coefficient (Wildman–Crippen LogP) is 6.85. The smallest absolute Gasteiger partial charge is 0.131 e. The first kappa shape index (κ1) is 17.3. The Labute approximate surface area is 151 Å². The van der Waals surface area contributed by atoms with Gasteiger partial charge in [-0.1, -0.05) is 86.8 Å². The molecule has 0 amide bonds. The van der Waals surface area contributed by atoms with Gasteiger partial charge in [-0.05, 0) is 41.7 Å². The maximum Gasteiger partial charge on any atom is 0.131 e. The molecule has 0 aliphatic rings. The van der Waals surface area contributed by atoms with Crippen molar-refractivity contribution in [1.82, 2.24) is 0 Å². The van der Waals surface area contributed by atoms with E-state index < -0.39 is 0 Å². The zero-order chi connectivity index (χ0) is 17.5. The van der Waals surface area contributed by atoms with Gasteiger partial charge in [0.15, 0.2) is 0 Å². The summed E-state index contributed by atoms with van der Waals surface area (Å²) in [7, 11) is 0. The van der Waals surface area contributed by atoms with Crippen molar-refractivity contribution in [3.05, 3.63) is 78.4 Å². The molecule has 3 rings (SSSR count). The average Bonchev–Trinajstić information content (AvgIpc) is 2.67. The van der Waals surface area contributed by atoms with Gasteiger partial charge in [0, 0.05) is 11.1 Å². The summed E-state index contributed by atoms with van der Waals surface area (Å²) in [5, 5.41) is 10.9. The maximum absolute atomic E-state index is 10.9. The Balaban J connectivity index is 2.02. The van der Waals surface area contributed by atoms with Gasteiger partial charge in [0.25, 0.3) is 0 Å². The molecule has 0 unspecified atom stereocenters. The van der Waals surface area contributed by atoms with E-state index in [-0.39, 0.29) is 0 Å². The minimum absolute atomic E-state index is 0.370. The van der Waals surface area contributed by atoms with Crippen molar-refractivity contribution < 1.29 is 5.11 Å². The molecule has 0 aromatic heterocycles. The molecule has 1 nitrogen and oxygen atoms in total. The molecule has 0 atom stereocenters. The minimum atomic E-state index is 0.370. The highest BCUT2D eigenvalue weighted by atomic mass is 16.3. The number of phenols is 1. The molecule has 0 aliphatic heterocycles. The van der Waals surface area contributed by atoms with Gasteiger partial charge in [0.1, 0.15) is 5.75 Å². The van der Waals surface area contributed by atoms with Crippen molar-refractivity contribution in [2.45, 2.75) is 39.0 Å². The van der Waals surface area contributed by atoms with Crippen molar-refractivity contribution in [1.29, 1.82) is 0 Å². The minimum Gasteiger partial charge on any atom is -0.507 e. The van der Waals surface area contributed by atoms with Crippen LogP contribution < -0.4 is 0 Å². The first-order valence-corrected chi connectivity index (χ1v) is 9.26. The number of hydrogen-bond donors (Lipinski definition) is 1. The van der Waals surface area contributed by atoms with Crippen molar-refractivity contribution >= 4 is 0 Å². The van der Waals surface area contributed by atoms with Crippen LogP contribution >= 0.6 is 0 Å². The van der Waals surface area contributed by atoms with Crippen LogP contribution in [0.5, 0.6) is 5.75 Å². The van der Waals surface area contributed by atoms with Crippen LogP contribution in [0.1, 0.15) is 38.2 Å². The summed E-state index contributed by atoms with van der Waals surface area (Å²) < 4.78 is 0. The van der Waals surface area contributed by atoms with Crippen LogP contribution in [0.25, 0.3) is 22.3 Å². The van der Waals surface area contributed by atoms with Gasteiger partial charge in [-0.3, -0.25) is 0 Å². The van der Waals surface area contributed by atoms with Gasteiger partial charge in [0.2, 0.25) is 0 Å². The number of unbranched alkanes of at least 4 members (excludes halogenated alkanes) is 3. The van der Waals surface area contributed by atoms with Crippen LogP contribution in [0.15, 0.2) is 72.8 Å². The van der Waals surface area contributed by atoms with Crippen LogP contribution in [0.3, 0.4) is 0 Å². The first-order chi connectivity index (χ1) is 12.3. The lowest BCUT2D eigenvalue weighted by Crippen LogP contribution is -1.91. The molecule has 3 aromatic carbocycles. The number of phenolic OH excluding ortho intramolecular Hbond substituents is 1. The van der Waals surface area contributed by atoms with Crippen molar-refractivity contribution in [3.8, 4) is 28.0 Å². The lowest BCUT2D eigenvalue weighted by molar-refractivity contribution is 0.479. The highest BCUT2D eigenvalue weighted by Crippen LogP contribution is 2.39. The van der Waals surface area contributed by atoms with Gasteiger partial charge in [-0.25, -0.2) is 0 Å². The topological polar surface area (TPSA) is 20.2 Å². The van der Waals surface area contributed by atoms with Crippen LogP contribution in [0.2, 0.25) is 0 Å². The summed E-state index contributed by atoms with van der Waals surface area (Å²) in [6.07, 6.45) is 6.05. The SMILES string of the molecule is CCCCCCc1cc(-c2ccccc2)c(O)c(-c2ccccc2)c1. The summed E-state index contributed by atoms with van der Waals surface area (Å²) >= 11 is 0. The molecular weight excluding hydrogens is 304 g/mol. The molecule has 3 aromatic rings. The molecule has 0 radical (unpaired) electrons. The third-order valence-electron chi connectivity index (χ3n) is 4.66. The third-order valence-corrected chi connectivity index (χ3v) is 4.66. The zero-order valence-electron chi connectivity index (χ0n) is 14.9. The molecule has 0 fully saturated rings. The lowest BCUT2D eigenvalue weighted by atomic mass is 9.93. The normalized spacial score (nSPS) is 10.8. The van der Waals surface area contributed by atoms with Gasteiger partial charge < -0.3 is 5.11 Å². The molecule has 1 N–H and O–H groups in total. The van der Waals surface area contributed by atoms with Crippen molar-refractivity contribution in [2.75, 3.05) is 0 Å². The van der Waals surface area contributed by atoms with E-state index in [2.05, 4.69) is 43.3 Å². The molecular formula is C24H26O. The van der Waals surface area contributed by atoms with E-state index in [0.717, 1.165) is 28.7 Å². The van der Waals surface area contributed by atoms with E-state index in [1.807, 2.05) is 36.4 Å². The molecule has 25 heavy (non-hydrogen) atoms. The zero-order valence-corrected chi connectivity index (χ0v) is 14.9. The maximum atomic E-state index is 10.9. The van der Waals surface area contributed by atoms with E-state index in [0.29, 0.717) is 5.75 Å². The summed E-state index contributed by atoms with van der Waals surface area (Å²) in [5.74, 6) is 0.370. The standard InChI is InChI=1S/C24H26O/c1-2-3-4-7-12-19-17-22(20-13-8-5-9-14-20)24(25)23(18-19)21-15-10-6-11-16-21/h5-6,8-11,13-18,25H,2-4,7,12H2,1H3. The number of benzene rings is 3. The molecule has 0 saturated heterocycles. The Morgan fingerprint density at radius 1 is 0.680 bits per heavy atom. The first-order valence-electron chi connectivity index (χ1n) is 9.26. The van der Waals surface area contributed by atoms with E-state index in [1.54, 1.807) is 0 Å². The summed E-state index contributed by atoms with van der Waals surface area (Å²) in [6, 6.07) is 24.6. The molecule has 0 aliphatic carbocycles. The molecule has 0 bridgehead atoms. The molecule has 1 heteroatoms. The lowest BCUT2D eigenvalue weighted by Gasteiger charge is -2.14. The van der Waals surface area contributed by atoms with Crippen LogP contribution in [0, 0.1) is 0 Å². The number of rotatable bonds is 7. The van der Waals surface area contributed by atoms with E-state index in [1.165, 1.54) is 31.2 Å². The van der Waals surface area contributed by atoms with Crippen LogP contribution in [0.4, 0.5) is 0 Å². The van der Waals surface area contributed by atoms with Crippen LogP contribution in [-0.4, -0.2) is 5.11 Å². The Hall–Kier alpha value is -2.54. The molecule has 128 valence electrons. The Morgan fingerprint density at radius 3 is 1.68 bits per heavy atom. The van der Waals surface area contributed by atoms with Crippen molar-refractivity contribution in [2.24, 2.45) is 0 Å². The fourth-order valence-electron chi connectivity index (χ4n) is 3.27. The highest BCUT2D eigenvalue weighted by molar-refractivity contribution is 5.82. The number of aromatic hydroxyl groups is 1. The highest BCUT2D eigenvalue weighted by Gasteiger charge is 2.13. The largest absolute Gasteiger partial charge is 0.507 e. The third kappa shape index (κ3) is 4.30. The van der Waals surface area contributed by atoms with Crippen LogP contribution in [-0.2, 0) is 6.42 Å². The van der Waals surface area contributed by atoms with Crippen molar-refractivity contribution in [3.63, 3.8) is 0 Å². The average molecular weight is 330 g/mol. The summed E-state index contributed by atoms with van der Waals surface area (Å²) in [6.45, 7) is 2.24. The van der Waals surface area contributed by atoms with E-state index in [4.69, 9.17) is 0 Å². The fourth-order valence-corrected chi connectivity index (χ4v) is 3.27. The predicted molar refractivity (Wildman–Crippen MR) is 107 cm³/mol. The number of aryl methyl sites for hydroxylation is 1. The van der Waals surface area contributed by atoms with Gasteiger partial charge in [0.05, 0.1) is 0 Å². The van der Waals surface area contributed by atoms with Gasteiger partial charge in [-0.2, -0.15) is 0 Å². The quantitative estimate of drug-likeness (QED) is 0.470. The van der Waals surface area contributed by atoms with Gasteiger partial charge >= 0.3 is 0 Å². The number of hydrogen-bond acceptors (Lipinski definition) is 1. The monoisotopic (exact) mass is 330 g/mol.